The van der Waals surface area contributed by atoms with E-state index in [1.165, 1.54) is 22.3 Å². The fourth-order valence-corrected chi connectivity index (χ4v) is 2.62. The summed E-state index contributed by atoms with van der Waals surface area (Å²) in [7, 11) is 0. The van der Waals surface area contributed by atoms with Crippen molar-refractivity contribution in [3.05, 3.63) is 63.9 Å². The van der Waals surface area contributed by atoms with Gasteiger partial charge in [0, 0.05) is 17.4 Å². The van der Waals surface area contributed by atoms with Crippen molar-refractivity contribution in [2.45, 2.75) is 33.2 Å². The maximum absolute atomic E-state index is 6.06. The van der Waals surface area contributed by atoms with Crippen LogP contribution in [0.4, 0.5) is 0 Å². The van der Waals surface area contributed by atoms with Crippen LogP contribution in [0.5, 0.6) is 0 Å². The van der Waals surface area contributed by atoms with E-state index in [-0.39, 0.29) is 6.04 Å². The van der Waals surface area contributed by atoms with Gasteiger partial charge in [-0.3, -0.25) is 4.98 Å². The normalized spacial score (nSPS) is 12.4. The highest BCUT2D eigenvalue weighted by Crippen LogP contribution is 2.27. The van der Waals surface area contributed by atoms with Crippen molar-refractivity contribution in [3.8, 4) is 0 Å². The van der Waals surface area contributed by atoms with Gasteiger partial charge in [-0.1, -0.05) is 30.7 Å². The Morgan fingerprint density at radius 1 is 1.20 bits per heavy atom. The molecule has 0 amide bonds. The number of benzene rings is 1. The third kappa shape index (κ3) is 3.59. The van der Waals surface area contributed by atoms with Crippen LogP contribution in [-0.2, 0) is 0 Å². The molecule has 0 aliphatic heterocycles. The van der Waals surface area contributed by atoms with E-state index in [0.29, 0.717) is 0 Å². The monoisotopic (exact) mass is 288 g/mol. The molecular weight excluding hydrogens is 268 g/mol. The Kier molecular flexibility index (Phi) is 5.16. The Hall–Kier alpha value is -1.38. The molecule has 2 aromatic rings. The van der Waals surface area contributed by atoms with Gasteiger partial charge < -0.3 is 5.32 Å². The highest BCUT2D eigenvalue weighted by atomic mass is 35.5. The lowest BCUT2D eigenvalue weighted by Gasteiger charge is -2.21. The standard InChI is InChI=1S/C17H21ClN2/c1-4-7-20-17(14-8-12(2)10-19-11-14)16-6-5-15(18)9-13(16)3/h5-6,8-11,17,20H,4,7H2,1-3H3. The Morgan fingerprint density at radius 3 is 2.65 bits per heavy atom. The molecule has 1 heterocycles. The molecule has 0 saturated heterocycles. The van der Waals surface area contributed by atoms with Gasteiger partial charge >= 0.3 is 0 Å². The molecule has 20 heavy (non-hydrogen) atoms. The van der Waals surface area contributed by atoms with E-state index in [9.17, 15) is 0 Å². The molecule has 1 aromatic heterocycles. The molecule has 0 saturated carbocycles. The van der Waals surface area contributed by atoms with Gasteiger partial charge in [-0.2, -0.15) is 0 Å². The van der Waals surface area contributed by atoms with Crippen LogP contribution in [-0.4, -0.2) is 11.5 Å². The minimum atomic E-state index is 0.166. The summed E-state index contributed by atoms with van der Waals surface area (Å²) in [5, 5.41) is 4.39. The first-order valence-corrected chi connectivity index (χ1v) is 7.40. The Bertz CT molecular complexity index is 581. The maximum atomic E-state index is 6.06. The van der Waals surface area contributed by atoms with Crippen LogP contribution in [0, 0.1) is 13.8 Å². The van der Waals surface area contributed by atoms with Gasteiger partial charge in [-0.25, -0.2) is 0 Å². The lowest BCUT2D eigenvalue weighted by molar-refractivity contribution is 0.594. The number of nitrogens with one attached hydrogen (secondary N) is 1. The van der Waals surface area contributed by atoms with Crippen molar-refractivity contribution in [1.82, 2.24) is 10.3 Å². The van der Waals surface area contributed by atoms with Crippen LogP contribution in [0.3, 0.4) is 0 Å². The second kappa shape index (κ2) is 6.87. The zero-order valence-corrected chi connectivity index (χ0v) is 13.0. The summed E-state index contributed by atoms with van der Waals surface area (Å²) in [6.45, 7) is 7.32. The number of hydrogen-bond acceptors (Lipinski definition) is 2. The van der Waals surface area contributed by atoms with E-state index in [1.807, 2.05) is 24.5 Å². The zero-order chi connectivity index (χ0) is 14.5. The molecule has 0 fully saturated rings. The molecular formula is C17H21ClN2. The first kappa shape index (κ1) is 15.0. The topological polar surface area (TPSA) is 24.9 Å². The summed E-state index contributed by atoms with van der Waals surface area (Å²) in [6.07, 6.45) is 4.92. The van der Waals surface area contributed by atoms with Crippen molar-refractivity contribution in [2.75, 3.05) is 6.54 Å². The van der Waals surface area contributed by atoms with E-state index < -0.39 is 0 Å². The molecule has 1 unspecified atom stereocenters. The SMILES string of the molecule is CCCNC(c1cncc(C)c1)c1ccc(Cl)cc1C. The number of aromatic nitrogens is 1. The fourth-order valence-electron chi connectivity index (χ4n) is 2.40. The van der Waals surface area contributed by atoms with Gasteiger partial charge in [-0.15, -0.1) is 0 Å². The molecule has 2 nitrogen and oxygen atoms in total. The van der Waals surface area contributed by atoms with Crippen LogP contribution in [0.15, 0.2) is 36.7 Å². The number of pyridine rings is 1. The second-order valence-corrected chi connectivity index (χ2v) is 5.62. The van der Waals surface area contributed by atoms with E-state index in [2.05, 4.69) is 43.2 Å². The average Bonchev–Trinajstić information content (AvgIpc) is 2.41. The molecule has 0 aliphatic carbocycles. The van der Waals surface area contributed by atoms with Crippen molar-refractivity contribution in [2.24, 2.45) is 0 Å². The lowest BCUT2D eigenvalue weighted by Crippen LogP contribution is -2.24. The third-order valence-corrected chi connectivity index (χ3v) is 3.61. The lowest BCUT2D eigenvalue weighted by atomic mass is 9.95. The van der Waals surface area contributed by atoms with Gasteiger partial charge in [0.2, 0.25) is 0 Å². The minimum absolute atomic E-state index is 0.166. The summed E-state index contributed by atoms with van der Waals surface area (Å²) >= 11 is 6.06. The zero-order valence-electron chi connectivity index (χ0n) is 12.3. The molecule has 1 aromatic carbocycles. The molecule has 0 bridgehead atoms. The van der Waals surface area contributed by atoms with Gasteiger partial charge in [0.25, 0.3) is 0 Å². The van der Waals surface area contributed by atoms with Crippen molar-refractivity contribution >= 4 is 11.6 Å². The Morgan fingerprint density at radius 2 is 2.00 bits per heavy atom. The number of aryl methyl sites for hydroxylation is 2. The first-order valence-electron chi connectivity index (χ1n) is 7.02. The smallest absolute Gasteiger partial charge is 0.0594 e. The number of nitrogens with zero attached hydrogens (tertiary/aromatic N) is 1. The summed E-state index contributed by atoms with van der Waals surface area (Å²) in [6, 6.07) is 8.43. The van der Waals surface area contributed by atoms with Crippen molar-refractivity contribution in [1.29, 1.82) is 0 Å². The average molecular weight is 289 g/mol. The molecule has 0 aliphatic rings. The van der Waals surface area contributed by atoms with Gasteiger partial charge in [0.15, 0.2) is 0 Å². The van der Waals surface area contributed by atoms with Crippen LogP contribution in [0.25, 0.3) is 0 Å². The fraction of sp³-hybridized carbons (Fsp3) is 0.353. The first-order chi connectivity index (χ1) is 9.61. The Balaban J connectivity index is 2.41. The molecule has 0 spiro atoms. The van der Waals surface area contributed by atoms with E-state index >= 15 is 0 Å². The summed E-state index contributed by atoms with van der Waals surface area (Å²) < 4.78 is 0. The van der Waals surface area contributed by atoms with Crippen LogP contribution in [0.1, 0.15) is 41.6 Å². The largest absolute Gasteiger partial charge is 0.306 e. The minimum Gasteiger partial charge on any atom is -0.306 e. The van der Waals surface area contributed by atoms with E-state index in [1.54, 1.807) is 0 Å². The number of hydrogen-bond donors (Lipinski definition) is 1. The summed E-state index contributed by atoms with van der Waals surface area (Å²) in [5.74, 6) is 0. The molecule has 3 heteroatoms. The third-order valence-electron chi connectivity index (χ3n) is 3.37. The maximum Gasteiger partial charge on any atom is 0.0594 e. The van der Waals surface area contributed by atoms with Crippen molar-refractivity contribution < 1.29 is 0 Å². The molecule has 0 radical (unpaired) electrons. The molecule has 1 N–H and O–H groups in total. The quantitative estimate of drug-likeness (QED) is 0.880. The highest BCUT2D eigenvalue weighted by Gasteiger charge is 2.16. The molecule has 2 rings (SSSR count). The second-order valence-electron chi connectivity index (χ2n) is 5.18. The van der Waals surface area contributed by atoms with Crippen LogP contribution >= 0.6 is 11.6 Å². The van der Waals surface area contributed by atoms with E-state index in [4.69, 9.17) is 11.6 Å². The van der Waals surface area contributed by atoms with Gasteiger partial charge in [-0.05, 0) is 61.2 Å². The number of rotatable bonds is 5. The van der Waals surface area contributed by atoms with Crippen LogP contribution in [0.2, 0.25) is 5.02 Å². The van der Waals surface area contributed by atoms with Crippen molar-refractivity contribution in [3.63, 3.8) is 0 Å². The van der Waals surface area contributed by atoms with Gasteiger partial charge in [0.05, 0.1) is 6.04 Å². The van der Waals surface area contributed by atoms with E-state index in [0.717, 1.165) is 18.0 Å². The summed E-state index contributed by atoms with van der Waals surface area (Å²) in [5.41, 5.74) is 4.84. The Labute approximate surface area is 126 Å². The number of halogens is 1. The predicted molar refractivity (Wildman–Crippen MR) is 85.3 cm³/mol. The van der Waals surface area contributed by atoms with Gasteiger partial charge in [0.1, 0.15) is 0 Å². The van der Waals surface area contributed by atoms with Crippen LogP contribution < -0.4 is 5.32 Å². The molecule has 106 valence electrons. The molecule has 1 atom stereocenters. The predicted octanol–water partition coefficient (Wildman–Crippen LogP) is 4.44. The highest BCUT2D eigenvalue weighted by molar-refractivity contribution is 6.30. The summed E-state index contributed by atoms with van der Waals surface area (Å²) in [4.78, 5) is 4.32.